The van der Waals surface area contributed by atoms with Gasteiger partial charge in [-0.15, -0.1) is 0 Å². The summed E-state index contributed by atoms with van der Waals surface area (Å²) in [6, 6.07) is 13.9. The van der Waals surface area contributed by atoms with Crippen LogP contribution < -0.4 is 5.32 Å². The average molecular weight is 300 g/mol. The molecule has 0 aromatic heterocycles. The van der Waals surface area contributed by atoms with Crippen molar-refractivity contribution in [3.8, 4) is 0 Å². The van der Waals surface area contributed by atoms with Gasteiger partial charge < -0.3 is 5.32 Å². The Kier molecular flexibility index (Phi) is 5.28. The van der Waals surface area contributed by atoms with Crippen LogP contribution in [0.4, 0.5) is 10.1 Å². The number of aryl methyl sites for hydroxylation is 1. The summed E-state index contributed by atoms with van der Waals surface area (Å²) in [6.45, 7) is 4.53. The zero-order valence-electron chi connectivity index (χ0n) is 13.1. The number of hydrogen-bond acceptors (Lipinski definition) is 2. The van der Waals surface area contributed by atoms with Crippen LogP contribution in [-0.2, 0) is 11.3 Å². The lowest BCUT2D eigenvalue weighted by molar-refractivity contribution is -0.120. The molecule has 2 rings (SSSR count). The molecule has 0 aliphatic carbocycles. The third-order valence-corrected chi connectivity index (χ3v) is 3.85. The average Bonchev–Trinajstić information content (AvgIpc) is 2.51. The normalized spacial score (nSPS) is 12.2. The molecule has 0 fully saturated rings. The topological polar surface area (TPSA) is 32.3 Å². The summed E-state index contributed by atoms with van der Waals surface area (Å²) in [7, 11) is 1.89. The molecule has 1 amide bonds. The minimum Gasteiger partial charge on any atom is -0.322 e. The Balaban J connectivity index is 2.01. The Labute approximate surface area is 130 Å². The van der Waals surface area contributed by atoms with Gasteiger partial charge in [-0.05, 0) is 44.2 Å². The lowest BCUT2D eigenvalue weighted by Gasteiger charge is -2.24. The summed E-state index contributed by atoms with van der Waals surface area (Å²) >= 11 is 0. The molecule has 2 aromatic rings. The number of amides is 1. The molecule has 2 aromatic carbocycles. The molecular formula is C18H21FN2O. The van der Waals surface area contributed by atoms with Crippen molar-refractivity contribution in [2.45, 2.75) is 26.4 Å². The maximum atomic E-state index is 13.6. The quantitative estimate of drug-likeness (QED) is 0.915. The van der Waals surface area contributed by atoms with E-state index in [-0.39, 0.29) is 17.6 Å². The van der Waals surface area contributed by atoms with Crippen LogP contribution in [0.5, 0.6) is 0 Å². The number of rotatable bonds is 5. The Hall–Kier alpha value is -2.20. The van der Waals surface area contributed by atoms with Crippen LogP contribution in [0.3, 0.4) is 0 Å². The van der Waals surface area contributed by atoms with Crippen molar-refractivity contribution in [3.63, 3.8) is 0 Å². The highest BCUT2D eigenvalue weighted by molar-refractivity contribution is 5.94. The number of likely N-dealkylation sites (N-methyl/N-ethyl adjacent to an activating group) is 1. The third kappa shape index (κ3) is 3.92. The number of halogens is 1. The van der Waals surface area contributed by atoms with E-state index in [1.807, 2.05) is 50.1 Å². The summed E-state index contributed by atoms with van der Waals surface area (Å²) in [5.74, 6) is -0.647. The SMILES string of the molecule is Cc1ccccc1CN(C)[C@@H](C)C(=O)Nc1ccccc1F. The molecule has 4 heteroatoms. The number of carbonyl (C=O) groups is 1. The molecule has 0 spiro atoms. The maximum absolute atomic E-state index is 13.6. The van der Waals surface area contributed by atoms with Crippen LogP contribution in [0.15, 0.2) is 48.5 Å². The number of benzene rings is 2. The monoisotopic (exact) mass is 300 g/mol. The number of anilines is 1. The first-order valence-electron chi connectivity index (χ1n) is 7.29. The molecule has 22 heavy (non-hydrogen) atoms. The summed E-state index contributed by atoms with van der Waals surface area (Å²) in [5, 5.41) is 2.64. The van der Waals surface area contributed by atoms with E-state index in [1.165, 1.54) is 17.2 Å². The van der Waals surface area contributed by atoms with Crippen LogP contribution in [0.1, 0.15) is 18.1 Å². The zero-order valence-corrected chi connectivity index (χ0v) is 13.1. The van der Waals surface area contributed by atoms with Crippen molar-refractivity contribution in [3.05, 3.63) is 65.5 Å². The minimum absolute atomic E-state index is 0.212. The fourth-order valence-corrected chi connectivity index (χ4v) is 2.19. The van der Waals surface area contributed by atoms with Crippen LogP contribution in [0.2, 0.25) is 0 Å². The van der Waals surface area contributed by atoms with E-state index >= 15 is 0 Å². The van der Waals surface area contributed by atoms with Gasteiger partial charge in [0.1, 0.15) is 5.82 Å². The highest BCUT2D eigenvalue weighted by Gasteiger charge is 2.19. The third-order valence-electron chi connectivity index (χ3n) is 3.85. The van der Waals surface area contributed by atoms with Crippen molar-refractivity contribution in [2.24, 2.45) is 0 Å². The lowest BCUT2D eigenvalue weighted by Crippen LogP contribution is -2.39. The van der Waals surface area contributed by atoms with Crippen molar-refractivity contribution in [1.29, 1.82) is 0 Å². The first kappa shape index (κ1) is 16.2. The molecule has 116 valence electrons. The van der Waals surface area contributed by atoms with Gasteiger partial charge in [0.15, 0.2) is 0 Å². The molecule has 0 aliphatic rings. The first-order chi connectivity index (χ1) is 10.5. The van der Waals surface area contributed by atoms with Crippen LogP contribution in [0.25, 0.3) is 0 Å². The fraction of sp³-hybridized carbons (Fsp3) is 0.278. The second kappa shape index (κ2) is 7.18. The predicted octanol–water partition coefficient (Wildman–Crippen LogP) is 3.59. The number of nitrogens with one attached hydrogen (secondary N) is 1. The van der Waals surface area contributed by atoms with Crippen LogP contribution in [-0.4, -0.2) is 23.9 Å². The van der Waals surface area contributed by atoms with Gasteiger partial charge >= 0.3 is 0 Å². The number of carbonyl (C=O) groups excluding carboxylic acids is 1. The van der Waals surface area contributed by atoms with E-state index in [0.29, 0.717) is 6.54 Å². The summed E-state index contributed by atoms with van der Waals surface area (Å²) < 4.78 is 13.6. The second-order valence-corrected chi connectivity index (χ2v) is 5.49. The molecule has 0 bridgehead atoms. The molecule has 1 atom stereocenters. The number of hydrogen-bond donors (Lipinski definition) is 1. The minimum atomic E-state index is -0.426. The van der Waals surface area contributed by atoms with E-state index in [1.54, 1.807) is 18.2 Å². The molecule has 0 saturated heterocycles. The lowest BCUT2D eigenvalue weighted by atomic mass is 10.1. The van der Waals surface area contributed by atoms with E-state index in [4.69, 9.17) is 0 Å². The molecule has 0 unspecified atom stereocenters. The van der Waals surface area contributed by atoms with Gasteiger partial charge in [0.2, 0.25) is 5.91 Å². The van der Waals surface area contributed by atoms with Crippen molar-refractivity contribution in [1.82, 2.24) is 4.90 Å². The number of nitrogens with zero attached hydrogens (tertiary/aromatic N) is 1. The number of para-hydroxylation sites is 1. The predicted molar refractivity (Wildman–Crippen MR) is 87.1 cm³/mol. The highest BCUT2D eigenvalue weighted by atomic mass is 19.1. The van der Waals surface area contributed by atoms with Gasteiger partial charge in [-0.1, -0.05) is 36.4 Å². The van der Waals surface area contributed by atoms with Crippen molar-refractivity contribution >= 4 is 11.6 Å². The standard InChI is InChI=1S/C18H21FN2O/c1-13-8-4-5-9-15(13)12-21(3)14(2)18(22)20-17-11-7-6-10-16(17)19/h4-11,14H,12H2,1-3H3,(H,20,22)/t14-/m0/s1. The van der Waals surface area contributed by atoms with Gasteiger partial charge in [0, 0.05) is 6.54 Å². The van der Waals surface area contributed by atoms with E-state index < -0.39 is 5.82 Å². The second-order valence-electron chi connectivity index (χ2n) is 5.49. The molecule has 3 nitrogen and oxygen atoms in total. The summed E-state index contributed by atoms with van der Waals surface area (Å²) in [4.78, 5) is 14.2. The Morgan fingerprint density at radius 3 is 2.50 bits per heavy atom. The zero-order chi connectivity index (χ0) is 16.1. The van der Waals surface area contributed by atoms with E-state index in [9.17, 15) is 9.18 Å². The Morgan fingerprint density at radius 1 is 1.18 bits per heavy atom. The molecule has 0 heterocycles. The smallest absolute Gasteiger partial charge is 0.241 e. The Bertz CT molecular complexity index is 657. The van der Waals surface area contributed by atoms with Crippen molar-refractivity contribution in [2.75, 3.05) is 12.4 Å². The van der Waals surface area contributed by atoms with Gasteiger partial charge in [-0.25, -0.2) is 4.39 Å². The Morgan fingerprint density at radius 2 is 1.82 bits per heavy atom. The summed E-state index contributed by atoms with van der Waals surface area (Å²) in [6.07, 6.45) is 0. The molecule has 0 saturated carbocycles. The molecule has 1 N–H and O–H groups in total. The van der Waals surface area contributed by atoms with Gasteiger partial charge in [-0.2, -0.15) is 0 Å². The van der Waals surface area contributed by atoms with Crippen LogP contribution in [0, 0.1) is 12.7 Å². The molecule has 0 radical (unpaired) electrons. The van der Waals surface area contributed by atoms with Gasteiger partial charge in [-0.3, -0.25) is 9.69 Å². The maximum Gasteiger partial charge on any atom is 0.241 e. The van der Waals surface area contributed by atoms with E-state index in [2.05, 4.69) is 5.32 Å². The highest BCUT2D eigenvalue weighted by Crippen LogP contribution is 2.15. The summed E-state index contributed by atoms with van der Waals surface area (Å²) in [5.41, 5.74) is 2.58. The van der Waals surface area contributed by atoms with E-state index in [0.717, 1.165) is 0 Å². The molecule has 0 aliphatic heterocycles. The van der Waals surface area contributed by atoms with Gasteiger partial charge in [0.25, 0.3) is 0 Å². The first-order valence-corrected chi connectivity index (χ1v) is 7.29. The van der Waals surface area contributed by atoms with Gasteiger partial charge in [0.05, 0.1) is 11.7 Å². The molecular weight excluding hydrogens is 279 g/mol. The van der Waals surface area contributed by atoms with Crippen molar-refractivity contribution < 1.29 is 9.18 Å². The van der Waals surface area contributed by atoms with Crippen LogP contribution >= 0.6 is 0 Å². The fourth-order valence-electron chi connectivity index (χ4n) is 2.19. The largest absolute Gasteiger partial charge is 0.322 e.